The predicted octanol–water partition coefficient (Wildman–Crippen LogP) is 2.54. The van der Waals surface area contributed by atoms with Crippen LogP contribution < -0.4 is 4.72 Å². The van der Waals surface area contributed by atoms with Gasteiger partial charge in [0.25, 0.3) is 0 Å². The zero-order valence-electron chi connectivity index (χ0n) is 12.1. The first kappa shape index (κ1) is 16.0. The molecule has 6 heteroatoms. The van der Waals surface area contributed by atoms with E-state index in [4.69, 9.17) is 5.11 Å². The number of hydrogen-bond acceptors (Lipinski definition) is 3. The maximum absolute atomic E-state index is 11.1. The third kappa shape index (κ3) is 4.89. The molecule has 5 nitrogen and oxygen atoms in total. The van der Waals surface area contributed by atoms with Gasteiger partial charge in [-0.05, 0) is 48.2 Å². The second-order valence-corrected chi connectivity index (χ2v) is 6.82. The lowest BCUT2D eigenvalue weighted by Gasteiger charge is -2.06. The van der Waals surface area contributed by atoms with Gasteiger partial charge in [0, 0.05) is 5.69 Å². The summed E-state index contributed by atoms with van der Waals surface area (Å²) in [5, 5.41) is 8.84. The zero-order chi connectivity index (χ0) is 16.2. The first-order valence-corrected chi connectivity index (χ1v) is 8.61. The fraction of sp³-hybridized carbons (Fsp3) is 0.188. The molecule has 0 amide bonds. The quantitative estimate of drug-likeness (QED) is 0.857. The molecule has 2 aromatic carbocycles. The van der Waals surface area contributed by atoms with E-state index in [9.17, 15) is 13.2 Å². The number of aromatic carboxylic acids is 1. The number of sulfonamides is 1. The summed E-state index contributed by atoms with van der Waals surface area (Å²) < 4.78 is 24.7. The Balaban J connectivity index is 1.95. The number of rotatable bonds is 6. The van der Waals surface area contributed by atoms with Gasteiger partial charge < -0.3 is 5.11 Å². The predicted molar refractivity (Wildman–Crippen MR) is 85.7 cm³/mol. The Labute approximate surface area is 129 Å². The van der Waals surface area contributed by atoms with Crippen molar-refractivity contribution in [2.24, 2.45) is 0 Å². The van der Waals surface area contributed by atoms with Gasteiger partial charge in [0.1, 0.15) is 0 Å². The van der Waals surface area contributed by atoms with Crippen molar-refractivity contribution in [2.45, 2.75) is 12.8 Å². The van der Waals surface area contributed by atoms with Crippen molar-refractivity contribution in [3.63, 3.8) is 0 Å². The molecule has 0 spiro atoms. The number of carboxylic acids is 1. The molecule has 0 aliphatic heterocycles. The van der Waals surface area contributed by atoms with Gasteiger partial charge in [0.15, 0.2) is 0 Å². The summed E-state index contributed by atoms with van der Waals surface area (Å²) >= 11 is 0. The van der Waals surface area contributed by atoms with Crippen LogP contribution in [0.5, 0.6) is 0 Å². The normalized spacial score (nSPS) is 11.1. The van der Waals surface area contributed by atoms with Gasteiger partial charge >= 0.3 is 5.97 Å². The van der Waals surface area contributed by atoms with Crippen molar-refractivity contribution in [3.8, 4) is 0 Å². The molecule has 0 heterocycles. The van der Waals surface area contributed by atoms with Crippen LogP contribution in [0.25, 0.3) is 0 Å². The lowest BCUT2D eigenvalue weighted by Crippen LogP contribution is -2.09. The van der Waals surface area contributed by atoms with Gasteiger partial charge in [-0.15, -0.1) is 0 Å². The number of benzene rings is 2. The van der Waals surface area contributed by atoms with Crippen molar-refractivity contribution in [3.05, 3.63) is 65.2 Å². The van der Waals surface area contributed by atoms with Crippen molar-refractivity contribution in [2.75, 3.05) is 11.0 Å². The molecule has 0 aromatic heterocycles. The lowest BCUT2D eigenvalue weighted by atomic mass is 10.0. The number of hydrogen-bond donors (Lipinski definition) is 2. The van der Waals surface area contributed by atoms with Crippen LogP contribution in [0, 0.1) is 0 Å². The minimum atomic E-state index is -3.25. The first-order chi connectivity index (χ1) is 10.3. The van der Waals surface area contributed by atoms with E-state index in [0.717, 1.165) is 30.2 Å². The third-order valence-corrected chi connectivity index (χ3v) is 3.77. The van der Waals surface area contributed by atoms with E-state index in [2.05, 4.69) is 4.72 Å². The van der Waals surface area contributed by atoms with Crippen LogP contribution in [0.15, 0.2) is 48.5 Å². The lowest BCUT2D eigenvalue weighted by molar-refractivity contribution is 0.0697. The van der Waals surface area contributed by atoms with E-state index in [0.29, 0.717) is 5.69 Å². The van der Waals surface area contributed by atoms with Gasteiger partial charge in [-0.25, -0.2) is 13.2 Å². The fourth-order valence-corrected chi connectivity index (χ4v) is 2.62. The van der Waals surface area contributed by atoms with Crippen LogP contribution in [0.4, 0.5) is 5.69 Å². The minimum absolute atomic E-state index is 0.278. The summed E-state index contributed by atoms with van der Waals surface area (Å²) in [6, 6.07) is 14.0. The monoisotopic (exact) mass is 319 g/mol. The Hall–Kier alpha value is -2.34. The number of carboxylic acid groups (broad SMARTS) is 1. The molecule has 2 rings (SSSR count). The van der Waals surface area contributed by atoms with Crippen LogP contribution >= 0.6 is 0 Å². The molecule has 0 atom stereocenters. The van der Waals surface area contributed by atoms with E-state index in [1.54, 1.807) is 24.3 Å². The molecule has 116 valence electrons. The fourth-order valence-electron chi connectivity index (χ4n) is 2.06. The van der Waals surface area contributed by atoms with Crippen LogP contribution in [-0.2, 0) is 22.9 Å². The maximum atomic E-state index is 11.1. The van der Waals surface area contributed by atoms with E-state index < -0.39 is 16.0 Å². The number of carbonyl (C=O) groups is 1. The van der Waals surface area contributed by atoms with Crippen molar-refractivity contribution < 1.29 is 18.3 Å². The van der Waals surface area contributed by atoms with Crippen LogP contribution in [0.2, 0.25) is 0 Å². The van der Waals surface area contributed by atoms with Crippen molar-refractivity contribution >= 4 is 21.7 Å². The van der Waals surface area contributed by atoms with Crippen molar-refractivity contribution in [1.82, 2.24) is 0 Å². The Bertz CT molecular complexity index is 750. The Morgan fingerprint density at radius 2 is 1.41 bits per heavy atom. The molecule has 0 aliphatic rings. The standard InChI is InChI=1S/C16H17NO4S/c1-22(20,21)17-15-10-6-13(7-11-15)3-2-12-4-8-14(9-5-12)16(18)19/h4-11,17H,2-3H2,1H3,(H,18,19). The van der Waals surface area contributed by atoms with Crippen molar-refractivity contribution in [1.29, 1.82) is 0 Å². The summed E-state index contributed by atoms with van der Waals surface area (Å²) in [5.41, 5.74) is 2.96. The highest BCUT2D eigenvalue weighted by Gasteiger charge is 2.03. The molecule has 0 unspecified atom stereocenters. The van der Waals surface area contributed by atoms with Crippen LogP contribution in [-0.4, -0.2) is 25.7 Å². The highest BCUT2D eigenvalue weighted by atomic mass is 32.2. The summed E-state index contributed by atoms with van der Waals surface area (Å²) in [5.74, 6) is -0.930. The van der Waals surface area contributed by atoms with Gasteiger partial charge in [0.05, 0.1) is 11.8 Å². The van der Waals surface area contributed by atoms with E-state index in [-0.39, 0.29) is 5.56 Å². The molecule has 0 bridgehead atoms. The van der Waals surface area contributed by atoms with E-state index in [1.165, 1.54) is 0 Å². The molecule has 2 aromatic rings. The van der Waals surface area contributed by atoms with Gasteiger partial charge in [-0.1, -0.05) is 24.3 Å². The zero-order valence-corrected chi connectivity index (χ0v) is 12.9. The molecule has 0 saturated heterocycles. The summed E-state index contributed by atoms with van der Waals surface area (Å²) in [4.78, 5) is 10.8. The molecule has 2 N–H and O–H groups in total. The minimum Gasteiger partial charge on any atom is -0.478 e. The Morgan fingerprint density at radius 3 is 1.82 bits per heavy atom. The molecule has 0 aliphatic carbocycles. The van der Waals surface area contributed by atoms with Gasteiger partial charge in [-0.2, -0.15) is 0 Å². The number of nitrogens with one attached hydrogen (secondary N) is 1. The molecule has 0 fully saturated rings. The molecular weight excluding hydrogens is 302 g/mol. The summed E-state index contributed by atoms with van der Waals surface area (Å²) in [7, 11) is -3.25. The average Bonchev–Trinajstić information content (AvgIpc) is 2.45. The van der Waals surface area contributed by atoms with Crippen LogP contribution in [0.1, 0.15) is 21.5 Å². The first-order valence-electron chi connectivity index (χ1n) is 6.72. The molecular formula is C16H17NO4S. The maximum Gasteiger partial charge on any atom is 0.335 e. The molecule has 0 radical (unpaired) electrons. The van der Waals surface area contributed by atoms with Gasteiger partial charge in [0.2, 0.25) is 10.0 Å². The van der Waals surface area contributed by atoms with Gasteiger partial charge in [-0.3, -0.25) is 4.72 Å². The molecule has 22 heavy (non-hydrogen) atoms. The van der Waals surface area contributed by atoms with Crippen LogP contribution in [0.3, 0.4) is 0 Å². The highest BCUT2D eigenvalue weighted by Crippen LogP contribution is 2.13. The second kappa shape index (κ2) is 6.62. The average molecular weight is 319 g/mol. The summed E-state index contributed by atoms with van der Waals surface area (Å²) in [6.07, 6.45) is 2.70. The largest absolute Gasteiger partial charge is 0.478 e. The topological polar surface area (TPSA) is 83.5 Å². The number of anilines is 1. The van der Waals surface area contributed by atoms with E-state index >= 15 is 0 Å². The number of aryl methyl sites for hydroxylation is 2. The third-order valence-electron chi connectivity index (χ3n) is 3.16. The summed E-state index contributed by atoms with van der Waals surface area (Å²) in [6.45, 7) is 0. The smallest absolute Gasteiger partial charge is 0.335 e. The Kier molecular flexibility index (Phi) is 4.82. The second-order valence-electron chi connectivity index (χ2n) is 5.07. The Morgan fingerprint density at radius 1 is 0.955 bits per heavy atom. The molecule has 0 saturated carbocycles. The highest BCUT2D eigenvalue weighted by molar-refractivity contribution is 7.92. The SMILES string of the molecule is CS(=O)(=O)Nc1ccc(CCc2ccc(C(=O)O)cc2)cc1. The van der Waals surface area contributed by atoms with E-state index in [1.807, 2.05) is 24.3 Å².